The lowest BCUT2D eigenvalue weighted by molar-refractivity contribution is -0.277. The van der Waals surface area contributed by atoms with E-state index in [0.29, 0.717) is 0 Å². The van der Waals surface area contributed by atoms with Crippen LogP contribution in [0.4, 0.5) is 0 Å². The maximum Gasteiger partial charge on any atom is 0.446 e. The molecule has 0 unspecified atom stereocenters. The average Bonchev–Trinajstić information content (AvgIpc) is 2.84. The summed E-state index contributed by atoms with van der Waals surface area (Å²) in [5.41, 5.74) is -1.37. The van der Waals surface area contributed by atoms with Crippen LogP contribution in [0.25, 0.3) is 22.3 Å². The summed E-state index contributed by atoms with van der Waals surface area (Å²) in [5.74, 6) is -2.93. The number of hydrogen-bond acceptors (Lipinski definition) is 14. The highest BCUT2D eigenvalue weighted by atomic mass is 32.3. The highest BCUT2D eigenvalue weighted by Gasteiger charge is 2.45. The summed E-state index contributed by atoms with van der Waals surface area (Å²) in [5, 5.41) is 60.0. The lowest BCUT2D eigenvalue weighted by Crippen LogP contribution is -2.60. The molecule has 2 heterocycles. The molecule has 0 bridgehead atoms. The minimum absolute atomic E-state index is 0.0186. The molecule has 16 heteroatoms. The van der Waals surface area contributed by atoms with Gasteiger partial charge in [0.1, 0.15) is 41.3 Å². The van der Waals surface area contributed by atoms with E-state index in [0.717, 1.165) is 18.2 Å². The largest absolute Gasteiger partial charge is 0.507 e. The van der Waals surface area contributed by atoms with Gasteiger partial charge in [-0.2, -0.15) is 8.42 Å². The maximum absolute atomic E-state index is 12.9. The van der Waals surface area contributed by atoms with Gasteiger partial charge in [0.15, 0.2) is 28.3 Å². The Bertz CT molecular complexity index is 1510. The SMILES string of the molecule is COc1ccc(-c2cc(=O)c3c(O)cc(O)c(O[C@@H]4O[C@H](CO)[C@@H](O)[C@H](O)[C@H]4O)c3o2)cc1OS(=O)(=O)O. The number of rotatable bonds is 7. The van der Waals surface area contributed by atoms with Crippen molar-refractivity contribution in [3.63, 3.8) is 0 Å². The third kappa shape index (κ3) is 5.18. The number of aromatic hydroxyl groups is 2. The third-order valence-corrected chi connectivity index (χ3v) is 6.03. The van der Waals surface area contributed by atoms with Crippen molar-refractivity contribution in [2.75, 3.05) is 13.7 Å². The molecule has 1 aliphatic heterocycles. The van der Waals surface area contributed by atoms with Crippen LogP contribution in [-0.4, -0.2) is 88.0 Å². The van der Waals surface area contributed by atoms with Gasteiger partial charge >= 0.3 is 10.4 Å². The van der Waals surface area contributed by atoms with Crippen LogP contribution in [0.2, 0.25) is 0 Å². The van der Waals surface area contributed by atoms with Gasteiger partial charge in [-0.1, -0.05) is 0 Å². The van der Waals surface area contributed by atoms with Crippen molar-refractivity contribution >= 4 is 21.4 Å². The number of methoxy groups -OCH3 is 1. The molecule has 0 spiro atoms. The van der Waals surface area contributed by atoms with Crippen LogP contribution < -0.4 is 19.1 Å². The average molecular weight is 558 g/mol. The Morgan fingerprint density at radius 1 is 0.974 bits per heavy atom. The Morgan fingerprint density at radius 3 is 2.32 bits per heavy atom. The number of phenolic OH excluding ortho intramolecular Hbond substituents is 2. The first-order valence-electron chi connectivity index (χ1n) is 10.7. The molecule has 15 nitrogen and oxygen atoms in total. The molecular weight excluding hydrogens is 536 g/mol. The minimum Gasteiger partial charge on any atom is -0.507 e. The van der Waals surface area contributed by atoms with Crippen molar-refractivity contribution in [1.29, 1.82) is 0 Å². The Kier molecular flexibility index (Phi) is 7.39. The molecule has 0 radical (unpaired) electrons. The van der Waals surface area contributed by atoms with Crippen LogP contribution in [0, 0.1) is 0 Å². The van der Waals surface area contributed by atoms with Crippen molar-refractivity contribution < 1.29 is 66.4 Å². The Hall–Kier alpha value is -3.64. The standard InChI is InChI=1S/C22H22O15S/c1-33-12-3-2-8(4-14(12)37-38(30,31)32)13-6-10(25)16-9(24)5-11(26)20(21(16)34-13)36-22-19(29)18(28)17(27)15(7-23)35-22/h2-6,15,17-19,22-24,26-29H,7H2,1H3,(H,30,31,32)/t15-,17-,18+,19-,22+/m1/s1. The van der Waals surface area contributed by atoms with E-state index in [1.807, 2.05) is 0 Å². The second-order valence-electron chi connectivity index (χ2n) is 8.11. The van der Waals surface area contributed by atoms with Crippen LogP contribution >= 0.6 is 0 Å². The molecule has 3 aromatic rings. The van der Waals surface area contributed by atoms with E-state index in [9.17, 15) is 43.9 Å². The van der Waals surface area contributed by atoms with Gasteiger partial charge in [0.2, 0.25) is 12.0 Å². The fourth-order valence-electron chi connectivity index (χ4n) is 3.83. The van der Waals surface area contributed by atoms with Crippen LogP contribution in [0.5, 0.6) is 28.7 Å². The van der Waals surface area contributed by atoms with Gasteiger partial charge in [0.25, 0.3) is 0 Å². The molecule has 0 saturated carbocycles. The number of aliphatic hydroxyl groups is 4. The highest BCUT2D eigenvalue weighted by Crippen LogP contribution is 2.42. The number of ether oxygens (including phenoxy) is 3. The smallest absolute Gasteiger partial charge is 0.446 e. The van der Waals surface area contributed by atoms with Gasteiger partial charge in [-0.25, -0.2) is 0 Å². The molecule has 4 rings (SSSR count). The van der Waals surface area contributed by atoms with E-state index in [4.69, 9.17) is 23.2 Å². The second kappa shape index (κ2) is 10.3. The Morgan fingerprint density at radius 2 is 1.68 bits per heavy atom. The summed E-state index contributed by atoms with van der Waals surface area (Å²) in [7, 11) is -3.75. The summed E-state index contributed by atoms with van der Waals surface area (Å²) in [4.78, 5) is 12.9. The molecule has 0 amide bonds. The quantitative estimate of drug-likeness (QED) is 0.176. The van der Waals surface area contributed by atoms with Crippen molar-refractivity contribution in [2.45, 2.75) is 30.7 Å². The van der Waals surface area contributed by atoms with Gasteiger partial charge in [-0.05, 0) is 18.2 Å². The molecule has 2 aromatic carbocycles. The van der Waals surface area contributed by atoms with Gasteiger partial charge in [0, 0.05) is 17.7 Å². The number of fused-ring (bicyclic) bond motifs is 1. The summed E-state index contributed by atoms with van der Waals surface area (Å²) < 4.78 is 57.4. The van der Waals surface area contributed by atoms with Crippen molar-refractivity contribution in [3.05, 3.63) is 40.6 Å². The monoisotopic (exact) mass is 558 g/mol. The van der Waals surface area contributed by atoms with E-state index >= 15 is 0 Å². The molecule has 1 aromatic heterocycles. The molecule has 206 valence electrons. The first-order chi connectivity index (χ1) is 17.8. The molecule has 1 aliphatic rings. The topological polar surface area (TPSA) is 243 Å². The first-order valence-corrected chi connectivity index (χ1v) is 12.1. The van der Waals surface area contributed by atoms with Crippen LogP contribution in [0.3, 0.4) is 0 Å². The maximum atomic E-state index is 12.9. The molecule has 7 N–H and O–H groups in total. The van der Waals surface area contributed by atoms with Gasteiger partial charge in [0.05, 0.1) is 13.7 Å². The van der Waals surface area contributed by atoms with Gasteiger partial charge < -0.3 is 53.4 Å². The van der Waals surface area contributed by atoms with Crippen molar-refractivity contribution in [1.82, 2.24) is 0 Å². The van der Waals surface area contributed by atoms with E-state index in [1.54, 1.807) is 0 Å². The molecule has 38 heavy (non-hydrogen) atoms. The number of hydrogen-bond donors (Lipinski definition) is 7. The van der Waals surface area contributed by atoms with E-state index in [-0.39, 0.29) is 17.1 Å². The highest BCUT2D eigenvalue weighted by molar-refractivity contribution is 7.81. The summed E-state index contributed by atoms with van der Waals surface area (Å²) in [6.07, 6.45) is -8.54. The predicted molar refractivity (Wildman–Crippen MR) is 124 cm³/mol. The number of benzene rings is 2. The van der Waals surface area contributed by atoms with Crippen LogP contribution in [0.15, 0.2) is 39.5 Å². The summed E-state index contributed by atoms with van der Waals surface area (Å²) >= 11 is 0. The van der Waals surface area contributed by atoms with E-state index in [1.165, 1.54) is 19.2 Å². The summed E-state index contributed by atoms with van der Waals surface area (Å²) in [6, 6.07) is 5.31. The number of aliphatic hydroxyl groups excluding tert-OH is 4. The minimum atomic E-state index is -4.96. The number of phenols is 2. The van der Waals surface area contributed by atoms with E-state index < -0.39 is 87.1 Å². The van der Waals surface area contributed by atoms with Gasteiger partial charge in [-0.15, -0.1) is 0 Å². The zero-order valence-electron chi connectivity index (χ0n) is 19.3. The van der Waals surface area contributed by atoms with Crippen molar-refractivity contribution in [2.24, 2.45) is 0 Å². The van der Waals surface area contributed by atoms with Crippen molar-refractivity contribution in [3.8, 4) is 40.1 Å². The molecule has 1 fully saturated rings. The fraction of sp³-hybridized carbons (Fsp3) is 0.318. The lowest BCUT2D eigenvalue weighted by Gasteiger charge is -2.39. The molecule has 0 aliphatic carbocycles. The second-order valence-corrected chi connectivity index (χ2v) is 9.14. The van der Waals surface area contributed by atoms with E-state index in [2.05, 4.69) is 4.18 Å². The normalized spacial score (nSPS) is 23.8. The van der Waals surface area contributed by atoms with Crippen LogP contribution in [0.1, 0.15) is 0 Å². The zero-order chi connectivity index (χ0) is 27.9. The third-order valence-electron chi connectivity index (χ3n) is 5.64. The first kappa shape index (κ1) is 27.4. The summed E-state index contributed by atoms with van der Waals surface area (Å²) in [6.45, 7) is -0.766. The fourth-order valence-corrected chi connectivity index (χ4v) is 4.18. The Labute approximate surface area is 213 Å². The molecule has 5 atom stereocenters. The predicted octanol–water partition coefficient (Wildman–Crippen LogP) is -0.760. The zero-order valence-corrected chi connectivity index (χ0v) is 20.1. The lowest BCUT2D eigenvalue weighted by atomic mass is 9.99. The van der Waals surface area contributed by atoms with Crippen LogP contribution in [-0.2, 0) is 15.1 Å². The Balaban J connectivity index is 1.85. The molecular formula is C22H22O15S. The van der Waals surface area contributed by atoms with Gasteiger partial charge in [-0.3, -0.25) is 9.35 Å². The molecule has 1 saturated heterocycles.